The second-order valence-electron chi connectivity index (χ2n) is 5.86. The summed E-state index contributed by atoms with van der Waals surface area (Å²) in [5.41, 5.74) is 1.37. The summed E-state index contributed by atoms with van der Waals surface area (Å²) in [5, 5.41) is 1.05. The predicted molar refractivity (Wildman–Crippen MR) is 90.9 cm³/mol. The van der Waals surface area contributed by atoms with Crippen LogP contribution in [0.25, 0.3) is 22.0 Å². The monoisotopic (exact) mass is 343 g/mol. The summed E-state index contributed by atoms with van der Waals surface area (Å²) >= 11 is -2.50. The van der Waals surface area contributed by atoms with Crippen LogP contribution in [0.4, 0.5) is 4.39 Å². The van der Waals surface area contributed by atoms with Crippen molar-refractivity contribution in [2.45, 2.75) is 31.6 Å². The summed E-state index contributed by atoms with van der Waals surface area (Å²) in [6.07, 6.45) is 0. The molecule has 124 valence electrons. The van der Waals surface area contributed by atoms with Gasteiger partial charge in [-0.3, -0.25) is 4.21 Å². The van der Waals surface area contributed by atoms with E-state index in [1.807, 2.05) is 13.8 Å². The zero-order chi connectivity index (χ0) is 17.4. The molecule has 1 heterocycles. The molecule has 6 heteroatoms. The first kappa shape index (κ1) is 16.7. The second kappa shape index (κ2) is 6.37. The van der Waals surface area contributed by atoms with E-state index in [0.717, 1.165) is 0 Å². The Bertz CT molecular complexity index is 957. The Morgan fingerprint density at radius 3 is 2.38 bits per heavy atom. The van der Waals surface area contributed by atoms with Crippen molar-refractivity contribution in [3.63, 3.8) is 0 Å². The number of rotatable bonds is 3. The lowest BCUT2D eigenvalue weighted by Gasteiger charge is -2.19. The molecule has 2 aromatic carbocycles. The lowest BCUT2D eigenvalue weighted by atomic mass is 9.99. The third kappa shape index (κ3) is 2.83. The Morgan fingerprint density at radius 1 is 1.08 bits per heavy atom. The Kier molecular flexibility index (Phi) is 4.43. The van der Waals surface area contributed by atoms with Crippen LogP contribution in [-0.2, 0) is 11.1 Å². The van der Waals surface area contributed by atoms with Crippen LogP contribution in [0.1, 0.15) is 31.3 Å². The van der Waals surface area contributed by atoms with Crippen LogP contribution in [0.5, 0.6) is 0 Å². The molecule has 0 saturated heterocycles. The minimum atomic E-state index is -2.50. The number of hydrogen-bond acceptors (Lipinski definition) is 4. The third-order valence-electron chi connectivity index (χ3n) is 3.84. The Hall–Kier alpha value is -2.18. The van der Waals surface area contributed by atoms with E-state index in [1.54, 1.807) is 37.3 Å². The van der Waals surface area contributed by atoms with Crippen molar-refractivity contribution >= 4 is 21.9 Å². The average Bonchev–Trinajstić information content (AvgIpc) is 2.54. The molecule has 0 N–H and O–H groups in total. The van der Waals surface area contributed by atoms with Gasteiger partial charge in [-0.25, -0.2) is 14.4 Å². The fourth-order valence-corrected chi connectivity index (χ4v) is 3.56. The van der Waals surface area contributed by atoms with Gasteiger partial charge >= 0.3 is 0 Å². The Balaban J connectivity index is 2.43. The highest BCUT2D eigenvalue weighted by molar-refractivity contribution is 7.79. The molecule has 4 nitrogen and oxygen atoms in total. The van der Waals surface area contributed by atoms with Crippen molar-refractivity contribution < 1.29 is 13.2 Å². The molecular formula is C18H16FN2O2S-. The fourth-order valence-electron chi connectivity index (χ4n) is 2.79. The van der Waals surface area contributed by atoms with Crippen LogP contribution in [0.3, 0.4) is 0 Å². The number of aryl methyl sites for hydroxylation is 1. The molecule has 1 aromatic heterocycles. The van der Waals surface area contributed by atoms with E-state index in [9.17, 15) is 13.2 Å². The number of benzene rings is 2. The summed E-state index contributed by atoms with van der Waals surface area (Å²) < 4.78 is 37.8. The molecule has 1 atom stereocenters. The normalized spacial score (nSPS) is 12.8. The standard InChI is InChI=1S/C18H17FN2O2S/c1-10(2)16-18(24(22)23)17(21-11(3)20-16)14-8-9-15(19)13-7-5-4-6-12(13)14/h4-10H,1-3H3,(H,22,23)/p-1. The zero-order valence-electron chi connectivity index (χ0n) is 13.5. The van der Waals surface area contributed by atoms with Gasteiger partial charge in [0, 0.05) is 10.9 Å². The molecule has 0 bridgehead atoms. The van der Waals surface area contributed by atoms with Gasteiger partial charge in [0.25, 0.3) is 0 Å². The van der Waals surface area contributed by atoms with Crippen LogP contribution in [0.15, 0.2) is 41.3 Å². The molecular weight excluding hydrogens is 327 g/mol. The first-order valence-corrected chi connectivity index (χ1v) is 8.63. The molecule has 0 amide bonds. The number of halogens is 1. The molecule has 1 unspecified atom stereocenters. The molecule has 0 aliphatic carbocycles. The van der Waals surface area contributed by atoms with Crippen molar-refractivity contribution in [3.8, 4) is 11.3 Å². The summed E-state index contributed by atoms with van der Waals surface area (Å²) in [5.74, 6) is 0.0513. The van der Waals surface area contributed by atoms with Gasteiger partial charge in [0.1, 0.15) is 11.6 Å². The Labute approximate surface area is 142 Å². The number of hydrogen-bond donors (Lipinski definition) is 0. The molecule has 0 aliphatic rings. The van der Waals surface area contributed by atoms with E-state index in [4.69, 9.17) is 0 Å². The van der Waals surface area contributed by atoms with Crippen molar-refractivity contribution in [3.05, 3.63) is 53.7 Å². The van der Waals surface area contributed by atoms with E-state index < -0.39 is 11.1 Å². The van der Waals surface area contributed by atoms with E-state index >= 15 is 0 Å². The van der Waals surface area contributed by atoms with E-state index in [2.05, 4.69) is 9.97 Å². The molecule has 0 aliphatic heterocycles. The summed E-state index contributed by atoms with van der Waals surface area (Å²) in [7, 11) is 0. The van der Waals surface area contributed by atoms with Gasteiger partial charge in [-0.2, -0.15) is 0 Å². The molecule has 0 spiro atoms. The Morgan fingerprint density at radius 2 is 1.75 bits per heavy atom. The van der Waals surface area contributed by atoms with Gasteiger partial charge in [0.2, 0.25) is 0 Å². The largest absolute Gasteiger partial charge is 0.768 e. The van der Waals surface area contributed by atoms with Crippen LogP contribution >= 0.6 is 0 Å². The van der Waals surface area contributed by atoms with Crippen LogP contribution in [-0.4, -0.2) is 18.7 Å². The van der Waals surface area contributed by atoms with Crippen LogP contribution in [0.2, 0.25) is 0 Å². The van der Waals surface area contributed by atoms with Crippen molar-refractivity contribution in [1.29, 1.82) is 0 Å². The third-order valence-corrected chi connectivity index (χ3v) is 4.58. The summed E-state index contributed by atoms with van der Waals surface area (Å²) in [6, 6.07) is 9.86. The highest BCUT2D eigenvalue weighted by atomic mass is 32.2. The maximum Gasteiger partial charge on any atom is 0.131 e. The van der Waals surface area contributed by atoms with E-state index in [1.165, 1.54) is 6.07 Å². The molecule has 0 fully saturated rings. The average molecular weight is 343 g/mol. The zero-order valence-corrected chi connectivity index (χ0v) is 14.4. The molecule has 3 rings (SSSR count). The van der Waals surface area contributed by atoms with Gasteiger partial charge < -0.3 is 4.55 Å². The van der Waals surface area contributed by atoms with Crippen LogP contribution < -0.4 is 0 Å². The number of fused-ring (bicyclic) bond motifs is 1. The summed E-state index contributed by atoms with van der Waals surface area (Å²) in [6.45, 7) is 5.48. The molecule has 24 heavy (non-hydrogen) atoms. The first-order valence-electron chi connectivity index (χ1n) is 7.55. The van der Waals surface area contributed by atoms with E-state index in [0.29, 0.717) is 33.5 Å². The minimum Gasteiger partial charge on any atom is -0.768 e. The van der Waals surface area contributed by atoms with Crippen LogP contribution in [0, 0.1) is 12.7 Å². The topological polar surface area (TPSA) is 65.9 Å². The van der Waals surface area contributed by atoms with Crippen molar-refractivity contribution in [2.75, 3.05) is 0 Å². The van der Waals surface area contributed by atoms with Crippen molar-refractivity contribution in [1.82, 2.24) is 9.97 Å². The van der Waals surface area contributed by atoms with Gasteiger partial charge in [-0.1, -0.05) is 38.1 Å². The van der Waals surface area contributed by atoms with Gasteiger partial charge in [-0.15, -0.1) is 0 Å². The first-order chi connectivity index (χ1) is 11.4. The van der Waals surface area contributed by atoms with Crippen molar-refractivity contribution in [2.24, 2.45) is 0 Å². The maximum atomic E-state index is 14.1. The molecule has 0 radical (unpaired) electrons. The lowest BCUT2D eigenvalue weighted by molar-refractivity contribution is 0.533. The van der Waals surface area contributed by atoms with Gasteiger partial charge in [0.15, 0.2) is 0 Å². The highest BCUT2D eigenvalue weighted by Gasteiger charge is 2.20. The second-order valence-corrected chi connectivity index (χ2v) is 6.74. The number of nitrogens with zero attached hydrogens (tertiary/aromatic N) is 2. The SMILES string of the molecule is Cc1nc(-c2ccc(F)c3ccccc23)c(S(=O)[O-])c(C(C)C)n1. The molecule has 3 aromatic rings. The highest BCUT2D eigenvalue weighted by Crippen LogP contribution is 2.35. The minimum absolute atomic E-state index is 0.0763. The van der Waals surface area contributed by atoms with Gasteiger partial charge in [0.05, 0.1) is 16.3 Å². The molecule has 0 saturated carbocycles. The summed E-state index contributed by atoms with van der Waals surface area (Å²) in [4.78, 5) is 8.74. The lowest BCUT2D eigenvalue weighted by Crippen LogP contribution is -2.09. The quantitative estimate of drug-likeness (QED) is 0.671. The fraction of sp³-hybridized carbons (Fsp3) is 0.222. The van der Waals surface area contributed by atoms with E-state index in [-0.39, 0.29) is 16.6 Å². The maximum absolute atomic E-state index is 14.1. The predicted octanol–water partition coefficient (Wildman–Crippen LogP) is 4.11. The smallest absolute Gasteiger partial charge is 0.131 e. The van der Waals surface area contributed by atoms with Gasteiger partial charge in [-0.05, 0) is 41.4 Å². The number of aromatic nitrogens is 2.